The fourth-order valence-electron chi connectivity index (χ4n) is 3.83. The average molecular weight is 292 g/mol. The van der Waals surface area contributed by atoms with Crippen LogP contribution < -0.4 is 0 Å². The van der Waals surface area contributed by atoms with Crippen LogP contribution in [-0.2, 0) is 6.42 Å². The molecule has 1 saturated carbocycles. The second kappa shape index (κ2) is 7.13. The minimum absolute atomic E-state index is 0.753. The maximum Gasteiger partial charge on any atom is -0.0149 e. The third-order valence-electron chi connectivity index (χ3n) is 5.22. The number of benzene rings is 2. The van der Waals surface area contributed by atoms with Crippen LogP contribution in [0.5, 0.6) is 0 Å². The number of hydrogen-bond acceptors (Lipinski definition) is 0. The second-order valence-electron chi connectivity index (χ2n) is 6.99. The summed E-state index contributed by atoms with van der Waals surface area (Å²) >= 11 is 0. The minimum atomic E-state index is 0.753. The van der Waals surface area contributed by atoms with Crippen molar-refractivity contribution in [1.29, 1.82) is 0 Å². The maximum absolute atomic E-state index is 2.40. The summed E-state index contributed by atoms with van der Waals surface area (Å²) in [6.45, 7) is 4.64. The van der Waals surface area contributed by atoms with Crippen LogP contribution in [0.1, 0.15) is 63.0 Å². The standard InChI is InChI=1S/C22H28/c1-3-6-18-11-15-20(16-12-18)22-8-5-4-7-21(22)19-13-9-17(2)10-14-19/h4-5,7-8,11-12,15-17,19H,3,6,9-10,13-14H2,1-2H3. The Kier molecular flexibility index (Phi) is 4.97. The molecule has 0 heterocycles. The van der Waals surface area contributed by atoms with Crippen LogP contribution in [0.4, 0.5) is 0 Å². The molecule has 2 aromatic carbocycles. The fourth-order valence-corrected chi connectivity index (χ4v) is 3.83. The summed E-state index contributed by atoms with van der Waals surface area (Å²) in [7, 11) is 0. The number of hydrogen-bond donors (Lipinski definition) is 0. The first-order chi connectivity index (χ1) is 10.8. The Bertz CT molecular complexity index is 586. The summed E-state index contributed by atoms with van der Waals surface area (Å²) in [6.07, 6.45) is 7.87. The van der Waals surface area contributed by atoms with Gasteiger partial charge in [-0.25, -0.2) is 0 Å². The van der Waals surface area contributed by atoms with Gasteiger partial charge in [-0.2, -0.15) is 0 Å². The van der Waals surface area contributed by atoms with Crippen LogP contribution in [0.3, 0.4) is 0 Å². The zero-order valence-corrected chi connectivity index (χ0v) is 14.0. The maximum atomic E-state index is 2.40. The van der Waals surface area contributed by atoms with E-state index in [9.17, 15) is 0 Å². The largest absolute Gasteiger partial charge is 0.0651 e. The predicted octanol–water partition coefficient (Wildman–Crippen LogP) is 6.60. The van der Waals surface area contributed by atoms with Gasteiger partial charge in [-0.15, -0.1) is 0 Å². The van der Waals surface area contributed by atoms with E-state index in [1.54, 1.807) is 5.56 Å². The van der Waals surface area contributed by atoms with Gasteiger partial charge >= 0.3 is 0 Å². The molecule has 0 spiro atoms. The zero-order valence-electron chi connectivity index (χ0n) is 14.0. The van der Waals surface area contributed by atoms with E-state index in [0.29, 0.717) is 0 Å². The lowest BCUT2D eigenvalue weighted by Crippen LogP contribution is -2.11. The van der Waals surface area contributed by atoms with Gasteiger partial charge in [0.1, 0.15) is 0 Å². The van der Waals surface area contributed by atoms with Gasteiger partial charge in [0.05, 0.1) is 0 Å². The molecule has 0 bridgehead atoms. The van der Waals surface area contributed by atoms with E-state index in [0.717, 1.165) is 11.8 Å². The van der Waals surface area contributed by atoms with Gasteiger partial charge in [0.15, 0.2) is 0 Å². The first-order valence-corrected chi connectivity index (χ1v) is 8.96. The van der Waals surface area contributed by atoms with E-state index in [1.807, 2.05) is 0 Å². The average Bonchev–Trinajstić information content (AvgIpc) is 2.57. The molecule has 1 fully saturated rings. The highest BCUT2D eigenvalue weighted by atomic mass is 14.3. The van der Waals surface area contributed by atoms with Crippen molar-refractivity contribution in [1.82, 2.24) is 0 Å². The van der Waals surface area contributed by atoms with Crippen molar-refractivity contribution in [3.8, 4) is 11.1 Å². The quantitative estimate of drug-likeness (QED) is 0.595. The Hall–Kier alpha value is -1.56. The highest BCUT2D eigenvalue weighted by Gasteiger charge is 2.21. The normalized spacial score (nSPS) is 21.7. The molecule has 0 nitrogen and oxygen atoms in total. The first kappa shape index (κ1) is 15.3. The summed E-state index contributed by atoms with van der Waals surface area (Å²) in [4.78, 5) is 0. The topological polar surface area (TPSA) is 0 Å². The van der Waals surface area contributed by atoms with Crippen molar-refractivity contribution >= 4 is 0 Å². The van der Waals surface area contributed by atoms with Crippen LogP contribution in [0, 0.1) is 5.92 Å². The smallest absolute Gasteiger partial charge is 0.0149 e. The summed E-state index contributed by atoms with van der Waals surface area (Å²) in [5.41, 5.74) is 5.85. The summed E-state index contributed by atoms with van der Waals surface area (Å²) < 4.78 is 0. The molecule has 2 aromatic rings. The zero-order chi connectivity index (χ0) is 15.4. The van der Waals surface area contributed by atoms with Crippen molar-refractivity contribution < 1.29 is 0 Å². The molecular weight excluding hydrogens is 264 g/mol. The highest BCUT2D eigenvalue weighted by molar-refractivity contribution is 5.68. The minimum Gasteiger partial charge on any atom is -0.0651 e. The van der Waals surface area contributed by atoms with E-state index in [2.05, 4.69) is 62.4 Å². The van der Waals surface area contributed by atoms with E-state index in [4.69, 9.17) is 0 Å². The van der Waals surface area contributed by atoms with Gasteiger partial charge in [-0.05, 0) is 53.4 Å². The molecule has 0 heteroatoms. The summed E-state index contributed by atoms with van der Waals surface area (Å²) in [5.74, 6) is 1.67. The molecule has 3 rings (SSSR count). The molecule has 0 aliphatic heterocycles. The molecule has 22 heavy (non-hydrogen) atoms. The Morgan fingerprint density at radius 3 is 2.23 bits per heavy atom. The van der Waals surface area contributed by atoms with E-state index >= 15 is 0 Å². The van der Waals surface area contributed by atoms with E-state index in [-0.39, 0.29) is 0 Å². The van der Waals surface area contributed by atoms with Crippen LogP contribution in [0.25, 0.3) is 11.1 Å². The highest BCUT2D eigenvalue weighted by Crippen LogP contribution is 2.39. The number of rotatable bonds is 4. The van der Waals surface area contributed by atoms with Crippen LogP contribution in [0.2, 0.25) is 0 Å². The first-order valence-electron chi connectivity index (χ1n) is 8.96. The molecule has 0 amide bonds. The van der Waals surface area contributed by atoms with Crippen LogP contribution in [0.15, 0.2) is 48.5 Å². The third kappa shape index (κ3) is 3.43. The second-order valence-corrected chi connectivity index (χ2v) is 6.99. The number of aryl methyl sites for hydroxylation is 1. The lowest BCUT2D eigenvalue weighted by molar-refractivity contribution is 0.348. The van der Waals surface area contributed by atoms with Gasteiger partial charge in [0.25, 0.3) is 0 Å². The van der Waals surface area contributed by atoms with Gasteiger partial charge in [-0.3, -0.25) is 0 Å². The fraction of sp³-hybridized carbons (Fsp3) is 0.455. The molecule has 0 aromatic heterocycles. The summed E-state index contributed by atoms with van der Waals surface area (Å²) in [6, 6.07) is 18.3. The Morgan fingerprint density at radius 2 is 1.55 bits per heavy atom. The molecule has 1 aliphatic rings. The van der Waals surface area contributed by atoms with Crippen molar-refractivity contribution in [2.75, 3.05) is 0 Å². The van der Waals surface area contributed by atoms with Crippen LogP contribution >= 0.6 is 0 Å². The predicted molar refractivity (Wildman–Crippen MR) is 96.2 cm³/mol. The lowest BCUT2D eigenvalue weighted by atomic mass is 9.77. The van der Waals surface area contributed by atoms with Crippen LogP contribution in [-0.4, -0.2) is 0 Å². The molecule has 0 radical (unpaired) electrons. The van der Waals surface area contributed by atoms with Gasteiger partial charge in [-0.1, -0.05) is 81.6 Å². The molecular formula is C22H28. The lowest BCUT2D eigenvalue weighted by Gasteiger charge is -2.28. The summed E-state index contributed by atoms with van der Waals surface area (Å²) in [5, 5.41) is 0. The molecule has 116 valence electrons. The van der Waals surface area contributed by atoms with Crippen molar-refractivity contribution in [3.05, 3.63) is 59.7 Å². The molecule has 0 unspecified atom stereocenters. The van der Waals surface area contributed by atoms with Gasteiger partial charge < -0.3 is 0 Å². The Labute approximate surface area is 135 Å². The molecule has 0 atom stereocenters. The van der Waals surface area contributed by atoms with Gasteiger partial charge in [0, 0.05) is 0 Å². The molecule has 1 aliphatic carbocycles. The van der Waals surface area contributed by atoms with Crippen molar-refractivity contribution in [3.63, 3.8) is 0 Å². The Morgan fingerprint density at radius 1 is 0.864 bits per heavy atom. The van der Waals surface area contributed by atoms with E-state index < -0.39 is 0 Å². The van der Waals surface area contributed by atoms with Gasteiger partial charge in [0.2, 0.25) is 0 Å². The van der Waals surface area contributed by atoms with Crippen molar-refractivity contribution in [2.45, 2.75) is 58.3 Å². The monoisotopic (exact) mass is 292 g/mol. The van der Waals surface area contributed by atoms with Crippen molar-refractivity contribution in [2.24, 2.45) is 5.92 Å². The molecule has 0 saturated heterocycles. The SMILES string of the molecule is CCCc1ccc(-c2ccccc2C2CCC(C)CC2)cc1. The van der Waals surface area contributed by atoms with E-state index in [1.165, 1.54) is 55.2 Å². The third-order valence-corrected chi connectivity index (χ3v) is 5.22. The Balaban J connectivity index is 1.87. The molecule has 0 N–H and O–H groups in total.